The Bertz CT molecular complexity index is 1420. The van der Waals surface area contributed by atoms with Gasteiger partial charge in [-0.2, -0.15) is 0 Å². The van der Waals surface area contributed by atoms with E-state index in [0.29, 0.717) is 22.0 Å². The van der Waals surface area contributed by atoms with Crippen molar-refractivity contribution in [2.45, 2.75) is 38.1 Å². The van der Waals surface area contributed by atoms with Crippen molar-refractivity contribution in [3.63, 3.8) is 0 Å². The lowest BCUT2D eigenvalue weighted by atomic mass is 9.84. The summed E-state index contributed by atoms with van der Waals surface area (Å²) in [5, 5.41) is 7.31. The smallest absolute Gasteiger partial charge is 0.268 e. The lowest BCUT2D eigenvalue weighted by Gasteiger charge is -2.30. The highest BCUT2D eigenvalue weighted by Gasteiger charge is 2.27. The molecule has 2 heterocycles. The molecule has 0 radical (unpaired) electrons. The van der Waals surface area contributed by atoms with Gasteiger partial charge in [0.2, 0.25) is 0 Å². The number of fused-ring (bicyclic) bond motifs is 1. The van der Waals surface area contributed by atoms with Crippen LogP contribution < -0.4 is 10.6 Å². The lowest BCUT2D eigenvalue weighted by Crippen LogP contribution is -2.37. The summed E-state index contributed by atoms with van der Waals surface area (Å²) in [6, 6.07) is 23.5. The Labute approximate surface area is 228 Å². The second-order valence-electron chi connectivity index (χ2n) is 10.7. The van der Waals surface area contributed by atoms with Crippen molar-refractivity contribution in [1.82, 2.24) is 15.2 Å². The largest absolute Gasteiger partial charge is 0.351 e. The summed E-state index contributed by atoms with van der Waals surface area (Å²) in [4.78, 5) is 32.3. The molecule has 4 aromatic rings. The number of carbonyl (C=O) groups is 2. The van der Waals surface area contributed by atoms with Gasteiger partial charge in [0.15, 0.2) is 0 Å². The Kier molecular flexibility index (Phi) is 7.54. The molecule has 0 spiro atoms. The number of H-pyrrole nitrogens is 1. The highest BCUT2D eigenvalue weighted by atomic mass is 35.5. The fraction of sp³-hybridized carbons (Fsp3) is 0.290. The predicted molar refractivity (Wildman–Crippen MR) is 154 cm³/mol. The van der Waals surface area contributed by atoms with Crippen LogP contribution in [0.15, 0.2) is 78.9 Å². The fourth-order valence-corrected chi connectivity index (χ4v) is 5.37. The first-order chi connectivity index (χ1) is 18.3. The number of amides is 2. The summed E-state index contributed by atoms with van der Waals surface area (Å²) in [6.45, 7) is 7.86. The van der Waals surface area contributed by atoms with Crippen LogP contribution in [0.1, 0.15) is 54.3 Å². The maximum absolute atomic E-state index is 13.4. The molecule has 0 saturated carbocycles. The molecule has 3 aromatic carbocycles. The van der Waals surface area contributed by atoms with E-state index in [0.717, 1.165) is 30.5 Å². The topological polar surface area (TPSA) is 77.2 Å². The molecule has 2 amide bonds. The average molecular weight is 529 g/mol. The number of nitrogens with one attached hydrogen (secondary N) is 3. The summed E-state index contributed by atoms with van der Waals surface area (Å²) in [6.07, 6.45) is 2.55. The molecule has 0 bridgehead atoms. The quantitative estimate of drug-likeness (QED) is 0.251. The second-order valence-corrected chi connectivity index (χ2v) is 11.1. The molecule has 1 aromatic heterocycles. The Hall–Kier alpha value is -3.61. The fourth-order valence-electron chi connectivity index (χ4n) is 5.19. The minimum Gasteiger partial charge on any atom is -0.351 e. The summed E-state index contributed by atoms with van der Waals surface area (Å²) in [5.41, 5.74) is 3.78. The van der Waals surface area contributed by atoms with Crippen LogP contribution in [-0.4, -0.2) is 41.3 Å². The molecule has 196 valence electrons. The summed E-state index contributed by atoms with van der Waals surface area (Å²) < 4.78 is 0. The van der Waals surface area contributed by atoms with Crippen LogP contribution in [-0.2, 0) is 10.2 Å². The van der Waals surface area contributed by atoms with E-state index in [1.807, 2.05) is 48.5 Å². The van der Waals surface area contributed by atoms with Gasteiger partial charge in [-0.1, -0.05) is 67.9 Å². The first-order valence-corrected chi connectivity index (χ1v) is 13.4. The van der Waals surface area contributed by atoms with Crippen molar-refractivity contribution in [1.29, 1.82) is 0 Å². The number of likely N-dealkylation sites (tertiary alicyclic amines) is 1. The third-order valence-electron chi connectivity index (χ3n) is 7.25. The highest BCUT2D eigenvalue weighted by molar-refractivity contribution is 6.31. The SMILES string of the molecule is CC(C)(CN1CCCC1)c1ccc(NC(=O)C(NC(=O)c2cc3cc(Cl)ccc3[nH]2)c2ccccc2)cc1. The zero-order valence-corrected chi connectivity index (χ0v) is 22.5. The van der Waals surface area contributed by atoms with Gasteiger partial charge in [0.05, 0.1) is 0 Å². The van der Waals surface area contributed by atoms with Crippen LogP contribution in [0.5, 0.6) is 0 Å². The number of aromatic amines is 1. The van der Waals surface area contributed by atoms with E-state index in [-0.39, 0.29) is 17.2 Å². The van der Waals surface area contributed by atoms with E-state index in [1.54, 1.807) is 18.2 Å². The Balaban J connectivity index is 1.31. The molecular formula is C31H33ClN4O2. The number of rotatable bonds is 8. The van der Waals surface area contributed by atoms with Gasteiger partial charge in [-0.3, -0.25) is 9.59 Å². The number of hydrogen-bond acceptors (Lipinski definition) is 3. The molecule has 1 aliphatic heterocycles. The minimum atomic E-state index is -0.870. The van der Waals surface area contributed by atoms with Crippen LogP contribution >= 0.6 is 11.6 Å². The molecule has 3 N–H and O–H groups in total. The highest BCUT2D eigenvalue weighted by Crippen LogP contribution is 2.28. The summed E-state index contributed by atoms with van der Waals surface area (Å²) >= 11 is 6.09. The van der Waals surface area contributed by atoms with Crippen LogP contribution in [0, 0.1) is 0 Å². The first kappa shape index (κ1) is 26.0. The van der Waals surface area contributed by atoms with Gasteiger partial charge in [0, 0.05) is 33.6 Å². The predicted octanol–water partition coefficient (Wildman–Crippen LogP) is 6.30. The molecule has 1 saturated heterocycles. The molecule has 38 heavy (non-hydrogen) atoms. The van der Waals surface area contributed by atoms with Gasteiger partial charge in [0.25, 0.3) is 11.8 Å². The van der Waals surface area contributed by atoms with Gasteiger partial charge < -0.3 is 20.5 Å². The van der Waals surface area contributed by atoms with Gasteiger partial charge in [0.1, 0.15) is 11.7 Å². The zero-order chi connectivity index (χ0) is 26.7. The number of hydrogen-bond donors (Lipinski definition) is 3. The van der Waals surface area contributed by atoms with Crippen LogP contribution in [0.2, 0.25) is 5.02 Å². The molecule has 1 unspecified atom stereocenters. The minimum absolute atomic E-state index is 0.0111. The number of halogens is 1. The Morgan fingerprint density at radius 1 is 0.974 bits per heavy atom. The van der Waals surface area contributed by atoms with E-state index in [4.69, 9.17) is 11.6 Å². The van der Waals surface area contributed by atoms with Crippen LogP contribution in [0.25, 0.3) is 10.9 Å². The second kappa shape index (κ2) is 11.0. The number of benzene rings is 3. The molecule has 5 rings (SSSR count). The zero-order valence-electron chi connectivity index (χ0n) is 21.8. The van der Waals surface area contributed by atoms with E-state index in [1.165, 1.54) is 18.4 Å². The molecular weight excluding hydrogens is 496 g/mol. The van der Waals surface area contributed by atoms with Crippen LogP contribution in [0.4, 0.5) is 5.69 Å². The summed E-state index contributed by atoms with van der Waals surface area (Å²) in [7, 11) is 0. The van der Waals surface area contributed by atoms with Crippen molar-refractivity contribution in [3.8, 4) is 0 Å². The maximum atomic E-state index is 13.4. The van der Waals surface area contributed by atoms with Gasteiger partial charge >= 0.3 is 0 Å². The maximum Gasteiger partial charge on any atom is 0.268 e. The van der Waals surface area contributed by atoms with E-state index >= 15 is 0 Å². The standard InChI is InChI=1S/C31H33ClN4O2/c1-31(2,20-36-16-6-7-17-36)23-10-13-25(14-11-23)33-30(38)28(21-8-4-3-5-9-21)35-29(37)27-19-22-18-24(32)12-15-26(22)34-27/h3-5,8-15,18-19,28,34H,6-7,16-17,20H2,1-2H3,(H,33,38)(H,35,37). The van der Waals surface area contributed by atoms with Crippen molar-refractivity contribution in [2.75, 3.05) is 25.0 Å². The van der Waals surface area contributed by atoms with Crippen molar-refractivity contribution in [3.05, 3.63) is 101 Å². The van der Waals surface area contributed by atoms with Crippen molar-refractivity contribution < 1.29 is 9.59 Å². The van der Waals surface area contributed by atoms with Gasteiger partial charge in [-0.05, 0) is 73.5 Å². The van der Waals surface area contributed by atoms with Gasteiger partial charge in [-0.25, -0.2) is 0 Å². The summed E-state index contributed by atoms with van der Waals surface area (Å²) in [5.74, 6) is -0.687. The van der Waals surface area contributed by atoms with Crippen molar-refractivity contribution in [2.24, 2.45) is 0 Å². The molecule has 1 fully saturated rings. The lowest BCUT2D eigenvalue weighted by molar-refractivity contribution is -0.118. The number of aromatic nitrogens is 1. The number of carbonyl (C=O) groups excluding carboxylic acids is 2. The van der Waals surface area contributed by atoms with E-state index in [9.17, 15) is 9.59 Å². The molecule has 6 nitrogen and oxygen atoms in total. The first-order valence-electron chi connectivity index (χ1n) is 13.1. The van der Waals surface area contributed by atoms with Crippen LogP contribution in [0.3, 0.4) is 0 Å². The van der Waals surface area contributed by atoms with Gasteiger partial charge in [-0.15, -0.1) is 0 Å². The van der Waals surface area contributed by atoms with E-state index in [2.05, 4.69) is 46.5 Å². The molecule has 1 atom stereocenters. The third kappa shape index (κ3) is 5.93. The van der Waals surface area contributed by atoms with E-state index < -0.39 is 6.04 Å². The number of nitrogens with zero attached hydrogens (tertiary/aromatic N) is 1. The number of anilines is 1. The Morgan fingerprint density at radius 3 is 2.39 bits per heavy atom. The normalized spacial score (nSPS) is 14.9. The molecule has 1 aliphatic rings. The van der Waals surface area contributed by atoms with Crippen molar-refractivity contribution >= 4 is 40.0 Å². The average Bonchev–Trinajstić information content (AvgIpc) is 3.57. The molecule has 7 heteroatoms. The Morgan fingerprint density at radius 2 is 1.68 bits per heavy atom. The monoisotopic (exact) mass is 528 g/mol. The third-order valence-corrected chi connectivity index (χ3v) is 7.48. The molecule has 0 aliphatic carbocycles.